The fraction of sp³-hybridized carbons (Fsp3) is 0. The normalized spacial score (nSPS) is 10.6. The molecule has 0 aliphatic heterocycles. The second-order valence-corrected chi connectivity index (χ2v) is 3.96. The summed E-state index contributed by atoms with van der Waals surface area (Å²) in [6, 6.07) is 10.3. The second-order valence-electron chi connectivity index (χ2n) is 3.96. The van der Waals surface area contributed by atoms with Crippen molar-refractivity contribution >= 4 is 17.5 Å². The number of nitro benzene ring substituents is 1. The van der Waals surface area contributed by atoms with Crippen molar-refractivity contribution in [3.05, 3.63) is 81.3 Å². The van der Waals surface area contributed by atoms with Gasteiger partial charge in [0.05, 0.1) is 4.92 Å². The van der Waals surface area contributed by atoms with E-state index in [1.807, 2.05) is 0 Å². The van der Waals surface area contributed by atoms with Crippen LogP contribution in [0.15, 0.2) is 54.7 Å². The van der Waals surface area contributed by atoms with E-state index < -0.39 is 10.7 Å². The first-order chi connectivity index (χ1) is 9.58. The van der Waals surface area contributed by atoms with E-state index in [9.17, 15) is 20.1 Å². The van der Waals surface area contributed by atoms with Crippen molar-refractivity contribution < 1.29 is 14.4 Å². The van der Waals surface area contributed by atoms with E-state index in [0.29, 0.717) is 10.3 Å². The number of allylic oxidation sites excluding steroid dienone is 1. The van der Waals surface area contributed by atoms with E-state index in [-0.39, 0.29) is 11.4 Å². The first-order valence-corrected chi connectivity index (χ1v) is 5.73. The number of ketones is 1. The van der Waals surface area contributed by atoms with Crippen LogP contribution in [0.1, 0.15) is 16.1 Å². The Balaban J connectivity index is 2.15. The quantitative estimate of drug-likeness (QED) is 0.212. The summed E-state index contributed by atoms with van der Waals surface area (Å²) in [5, 5.41) is 21.9. The zero-order valence-electron chi connectivity index (χ0n) is 10.3. The Hall–Kier alpha value is -3.02. The SMILES string of the molecule is O=C(C=Cc1ccc([N+](=O)[O-])cc1)c1cccc[n+]1[O-]. The smallest absolute Gasteiger partial charge is 0.269 e. The maximum atomic E-state index is 11.8. The first-order valence-electron chi connectivity index (χ1n) is 5.73. The molecule has 6 nitrogen and oxygen atoms in total. The maximum absolute atomic E-state index is 11.8. The predicted molar refractivity (Wildman–Crippen MR) is 71.9 cm³/mol. The number of nitrogens with zero attached hydrogens (tertiary/aromatic N) is 2. The number of nitro groups is 1. The molecule has 2 rings (SSSR count). The molecule has 0 unspecified atom stereocenters. The molecular weight excluding hydrogens is 260 g/mol. The minimum Gasteiger partial charge on any atom is -0.618 e. The molecule has 0 radical (unpaired) electrons. The van der Waals surface area contributed by atoms with Gasteiger partial charge in [-0.15, -0.1) is 0 Å². The van der Waals surface area contributed by atoms with Gasteiger partial charge in [0.2, 0.25) is 0 Å². The number of non-ortho nitro benzene ring substituents is 1. The zero-order chi connectivity index (χ0) is 14.5. The van der Waals surface area contributed by atoms with Gasteiger partial charge in [-0.2, -0.15) is 4.73 Å². The lowest BCUT2D eigenvalue weighted by atomic mass is 10.1. The highest BCUT2D eigenvalue weighted by molar-refractivity contribution is 6.04. The Labute approximate surface area is 114 Å². The van der Waals surface area contributed by atoms with Crippen molar-refractivity contribution in [3.63, 3.8) is 0 Å². The van der Waals surface area contributed by atoms with Crippen LogP contribution >= 0.6 is 0 Å². The number of hydrogen-bond acceptors (Lipinski definition) is 4. The summed E-state index contributed by atoms with van der Waals surface area (Å²) in [6.07, 6.45) is 4.00. The standard InChI is InChI=1S/C14H10N2O4/c17-14(13-3-1-2-10-15(13)18)9-6-11-4-7-12(8-5-11)16(19)20/h1-10H. The lowest BCUT2D eigenvalue weighted by molar-refractivity contribution is -0.607. The van der Waals surface area contributed by atoms with E-state index >= 15 is 0 Å². The van der Waals surface area contributed by atoms with Crippen molar-refractivity contribution in [1.82, 2.24) is 0 Å². The monoisotopic (exact) mass is 270 g/mol. The third kappa shape index (κ3) is 3.05. The van der Waals surface area contributed by atoms with Crippen LogP contribution in [0.3, 0.4) is 0 Å². The Morgan fingerprint density at radius 1 is 1.15 bits per heavy atom. The van der Waals surface area contributed by atoms with Crippen molar-refractivity contribution in [2.45, 2.75) is 0 Å². The molecule has 0 N–H and O–H groups in total. The number of hydrogen-bond donors (Lipinski definition) is 0. The Morgan fingerprint density at radius 3 is 2.45 bits per heavy atom. The number of benzene rings is 1. The van der Waals surface area contributed by atoms with Gasteiger partial charge in [0, 0.05) is 24.3 Å². The summed E-state index contributed by atoms with van der Waals surface area (Å²) in [7, 11) is 0. The average Bonchev–Trinajstić information content (AvgIpc) is 2.45. The lowest BCUT2D eigenvalue weighted by Crippen LogP contribution is -2.33. The van der Waals surface area contributed by atoms with Gasteiger partial charge in [0.1, 0.15) is 0 Å². The summed E-state index contributed by atoms with van der Waals surface area (Å²) in [6.45, 7) is 0. The summed E-state index contributed by atoms with van der Waals surface area (Å²) < 4.78 is 0.489. The molecule has 0 aliphatic rings. The lowest BCUT2D eigenvalue weighted by Gasteiger charge is -1.99. The van der Waals surface area contributed by atoms with Crippen LogP contribution in [0, 0.1) is 15.3 Å². The van der Waals surface area contributed by atoms with Crippen LogP contribution in [-0.4, -0.2) is 10.7 Å². The van der Waals surface area contributed by atoms with E-state index in [1.165, 1.54) is 54.7 Å². The van der Waals surface area contributed by atoms with E-state index in [4.69, 9.17) is 0 Å². The zero-order valence-corrected chi connectivity index (χ0v) is 10.3. The summed E-state index contributed by atoms with van der Waals surface area (Å²) >= 11 is 0. The molecule has 0 atom stereocenters. The van der Waals surface area contributed by atoms with Gasteiger partial charge in [-0.1, -0.05) is 6.08 Å². The van der Waals surface area contributed by atoms with Gasteiger partial charge in [0.25, 0.3) is 17.2 Å². The minimum atomic E-state index is -0.497. The molecule has 6 heteroatoms. The molecule has 0 saturated heterocycles. The number of pyridine rings is 1. The van der Waals surface area contributed by atoms with Crippen LogP contribution in [0.4, 0.5) is 5.69 Å². The maximum Gasteiger partial charge on any atom is 0.269 e. The van der Waals surface area contributed by atoms with Crippen LogP contribution in [-0.2, 0) is 0 Å². The topological polar surface area (TPSA) is 87.1 Å². The largest absolute Gasteiger partial charge is 0.618 e. The molecule has 2 aromatic rings. The molecule has 20 heavy (non-hydrogen) atoms. The molecule has 0 amide bonds. The van der Waals surface area contributed by atoms with Crippen LogP contribution < -0.4 is 4.73 Å². The van der Waals surface area contributed by atoms with Crippen LogP contribution in [0.5, 0.6) is 0 Å². The molecule has 0 spiro atoms. The number of carbonyl (C=O) groups excluding carboxylic acids is 1. The Kier molecular flexibility index (Phi) is 3.85. The molecule has 0 saturated carbocycles. The van der Waals surface area contributed by atoms with Gasteiger partial charge in [-0.05, 0) is 29.8 Å². The molecule has 1 aromatic heterocycles. The second kappa shape index (κ2) is 5.75. The molecule has 100 valence electrons. The van der Waals surface area contributed by atoms with E-state index in [0.717, 1.165) is 0 Å². The summed E-state index contributed by atoms with van der Waals surface area (Å²) in [4.78, 5) is 21.8. The number of carbonyl (C=O) groups is 1. The van der Waals surface area contributed by atoms with Gasteiger partial charge in [0.15, 0.2) is 6.20 Å². The van der Waals surface area contributed by atoms with Gasteiger partial charge >= 0.3 is 0 Å². The summed E-state index contributed by atoms with van der Waals surface area (Å²) in [5.74, 6) is -0.432. The highest BCUT2D eigenvalue weighted by Gasteiger charge is 2.11. The van der Waals surface area contributed by atoms with E-state index in [2.05, 4.69) is 0 Å². The molecule has 1 aromatic carbocycles. The van der Waals surface area contributed by atoms with Gasteiger partial charge in [-0.25, -0.2) is 0 Å². The highest BCUT2D eigenvalue weighted by atomic mass is 16.6. The molecule has 0 aliphatic carbocycles. The van der Waals surface area contributed by atoms with Crippen molar-refractivity contribution in [2.75, 3.05) is 0 Å². The minimum absolute atomic E-state index is 0.0191. The number of aromatic nitrogens is 1. The fourth-order valence-corrected chi connectivity index (χ4v) is 1.58. The molecular formula is C14H10N2O4. The Bertz CT molecular complexity index is 678. The molecule has 0 bridgehead atoms. The van der Waals surface area contributed by atoms with Crippen molar-refractivity contribution in [1.29, 1.82) is 0 Å². The van der Waals surface area contributed by atoms with Crippen molar-refractivity contribution in [3.8, 4) is 0 Å². The van der Waals surface area contributed by atoms with Crippen LogP contribution in [0.25, 0.3) is 6.08 Å². The average molecular weight is 270 g/mol. The molecule has 0 fully saturated rings. The first kappa shape index (κ1) is 13.4. The number of rotatable bonds is 4. The highest BCUT2D eigenvalue weighted by Crippen LogP contribution is 2.13. The van der Waals surface area contributed by atoms with Gasteiger partial charge in [-0.3, -0.25) is 14.9 Å². The summed E-state index contributed by atoms with van der Waals surface area (Å²) in [5.41, 5.74) is 0.636. The van der Waals surface area contributed by atoms with Gasteiger partial charge < -0.3 is 5.21 Å². The molecule has 1 heterocycles. The third-order valence-corrected chi connectivity index (χ3v) is 2.61. The third-order valence-electron chi connectivity index (χ3n) is 2.61. The fourth-order valence-electron chi connectivity index (χ4n) is 1.58. The van der Waals surface area contributed by atoms with Crippen LogP contribution in [0.2, 0.25) is 0 Å². The van der Waals surface area contributed by atoms with E-state index in [1.54, 1.807) is 6.07 Å². The predicted octanol–water partition coefficient (Wildman–Crippen LogP) is 2.12. The van der Waals surface area contributed by atoms with Crippen molar-refractivity contribution in [2.24, 2.45) is 0 Å². The Morgan fingerprint density at radius 2 is 1.85 bits per heavy atom.